The minimum atomic E-state index is -2.87. The van der Waals surface area contributed by atoms with Gasteiger partial charge in [0.2, 0.25) is 0 Å². The van der Waals surface area contributed by atoms with Gasteiger partial charge in [-0.15, -0.1) is 0 Å². The molecule has 0 radical (unpaired) electrons. The van der Waals surface area contributed by atoms with Crippen LogP contribution in [0.2, 0.25) is 0 Å². The maximum atomic E-state index is 12.6. The molecule has 4 fully saturated rings. The lowest BCUT2D eigenvalue weighted by molar-refractivity contribution is -0.781. The lowest BCUT2D eigenvalue weighted by Crippen LogP contribution is -2.99. The highest BCUT2D eigenvalue weighted by molar-refractivity contribution is 5.44. The molecule has 4 aliphatic carbocycles. The summed E-state index contributed by atoms with van der Waals surface area (Å²) < 4.78 is 0. The molecule has 0 aromatic heterocycles. The van der Waals surface area contributed by atoms with Crippen LogP contribution >= 0.6 is 0 Å². The van der Waals surface area contributed by atoms with E-state index in [1.54, 1.807) is 6.07 Å². The molecule has 1 aromatic carbocycles. The first-order chi connectivity index (χ1) is 12.9. The Labute approximate surface area is 158 Å². The summed E-state index contributed by atoms with van der Waals surface area (Å²) in [6.45, 7) is 0. The largest absolute Gasteiger partial charge is 0.380 e. The van der Waals surface area contributed by atoms with Crippen LogP contribution in [0.25, 0.3) is 0 Å². The smallest absolute Gasteiger partial charge is 0.319 e. The molecule has 4 bridgehead atoms. The van der Waals surface area contributed by atoms with Crippen LogP contribution in [0.4, 0.5) is 0 Å². The van der Waals surface area contributed by atoms with Gasteiger partial charge in [-0.1, -0.05) is 30.3 Å². The van der Waals surface area contributed by atoms with Gasteiger partial charge in [-0.2, -0.15) is 0 Å². The monoisotopic (exact) mass is 392 g/mol. The molecule has 6 N–H and O–H groups in total. The number of nitrogens with zero attached hydrogens (tertiary/aromatic N) is 3. The molecular formula is C16H20N6O6. The fraction of sp³-hybridized carbons (Fsp3) is 0.625. The Morgan fingerprint density at radius 2 is 1.39 bits per heavy atom. The van der Waals surface area contributed by atoms with E-state index in [0.717, 1.165) is 0 Å². The first-order valence-corrected chi connectivity index (χ1v) is 8.79. The second kappa shape index (κ2) is 5.01. The molecule has 0 saturated heterocycles. The Morgan fingerprint density at radius 1 is 0.821 bits per heavy atom. The molecule has 6 atom stereocenters. The van der Waals surface area contributed by atoms with Crippen LogP contribution in [0.3, 0.4) is 0 Å². The molecule has 0 heterocycles. The van der Waals surface area contributed by atoms with Crippen LogP contribution < -0.4 is 17.2 Å². The highest BCUT2D eigenvalue weighted by atomic mass is 16.7. The summed E-state index contributed by atoms with van der Waals surface area (Å²) in [7, 11) is 0. The molecule has 0 aliphatic heterocycles. The minimum Gasteiger partial charge on any atom is -0.319 e. The van der Waals surface area contributed by atoms with E-state index < -0.39 is 54.9 Å². The van der Waals surface area contributed by atoms with Gasteiger partial charge in [0.15, 0.2) is 0 Å². The average molecular weight is 392 g/mol. The summed E-state index contributed by atoms with van der Waals surface area (Å²) >= 11 is 0. The lowest BCUT2D eigenvalue weighted by Gasteiger charge is -2.67. The van der Waals surface area contributed by atoms with Crippen LogP contribution in [0, 0.1) is 36.3 Å². The zero-order valence-corrected chi connectivity index (χ0v) is 14.8. The third-order valence-electron chi connectivity index (χ3n) is 7.29. The van der Waals surface area contributed by atoms with Crippen LogP contribution in [0.5, 0.6) is 0 Å². The molecule has 12 nitrogen and oxygen atoms in total. The Bertz CT molecular complexity index is 914. The summed E-state index contributed by atoms with van der Waals surface area (Å²) in [4.78, 5) is 34.6. The Balaban J connectivity index is 2.22. The van der Waals surface area contributed by atoms with E-state index in [9.17, 15) is 30.3 Å². The third-order valence-corrected chi connectivity index (χ3v) is 7.29. The molecule has 4 saturated carbocycles. The van der Waals surface area contributed by atoms with Crippen molar-refractivity contribution in [2.24, 2.45) is 23.1 Å². The minimum absolute atomic E-state index is 0.0571. The number of benzene rings is 1. The molecule has 0 amide bonds. The summed E-state index contributed by atoms with van der Waals surface area (Å²) in [6, 6.07) is 7.22. The summed E-state index contributed by atoms with van der Waals surface area (Å²) in [5, 5.41) is 37.4. The zero-order valence-electron chi connectivity index (χ0n) is 14.8. The average Bonchev–Trinajstić information content (AvgIpc) is 2.58. The van der Waals surface area contributed by atoms with Crippen molar-refractivity contribution in [2.45, 2.75) is 53.5 Å². The fourth-order valence-electron chi connectivity index (χ4n) is 6.66. The van der Waals surface area contributed by atoms with E-state index in [-0.39, 0.29) is 24.8 Å². The molecule has 4 aliphatic rings. The topological polar surface area (TPSA) is 207 Å². The van der Waals surface area contributed by atoms with Gasteiger partial charge >= 0.3 is 16.7 Å². The van der Waals surface area contributed by atoms with Gasteiger partial charge in [0.25, 0.3) is 0 Å². The van der Waals surface area contributed by atoms with Crippen LogP contribution in [0.1, 0.15) is 31.2 Å². The van der Waals surface area contributed by atoms with Crippen molar-refractivity contribution < 1.29 is 14.8 Å². The van der Waals surface area contributed by atoms with Crippen LogP contribution in [-0.2, 0) is 5.54 Å². The number of hydrogen-bond donors (Lipinski definition) is 3. The van der Waals surface area contributed by atoms with Crippen molar-refractivity contribution in [3.05, 3.63) is 66.2 Å². The Morgan fingerprint density at radius 3 is 1.89 bits per heavy atom. The van der Waals surface area contributed by atoms with Gasteiger partial charge in [-0.25, -0.2) is 0 Å². The third kappa shape index (κ3) is 1.56. The molecule has 150 valence electrons. The second-order valence-electron chi connectivity index (χ2n) is 8.44. The van der Waals surface area contributed by atoms with Gasteiger partial charge < -0.3 is 11.5 Å². The maximum Gasteiger partial charge on any atom is 0.380 e. The number of hydrogen-bond acceptors (Lipinski definition) is 9. The number of nitro groups is 3. The summed E-state index contributed by atoms with van der Waals surface area (Å²) in [6.07, 6.45) is -0.641. The predicted octanol–water partition coefficient (Wildman–Crippen LogP) is -0.282. The standard InChI is InChI=1S/C16H20N6O6/c17-12-6-10-7-13(18,9-12)16(19,22(27)28)14(8-10,20(23)24)15(12,21(25)26)11-4-2-1-3-5-11/h1-5,10H,6-9,17-19H2. The molecule has 28 heavy (non-hydrogen) atoms. The predicted molar refractivity (Wildman–Crippen MR) is 94.5 cm³/mol. The molecule has 0 spiro atoms. The van der Waals surface area contributed by atoms with Crippen LogP contribution in [0.15, 0.2) is 30.3 Å². The van der Waals surface area contributed by atoms with Gasteiger partial charge in [0, 0.05) is 21.8 Å². The Kier molecular flexibility index (Phi) is 3.34. The van der Waals surface area contributed by atoms with E-state index in [1.165, 1.54) is 24.3 Å². The SMILES string of the molecule is NC12CC3CC(N)(C1)C(c1ccccc1)([N+](=O)[O-])C([N+](=O)[O-])(C3)C2(N)[N+](=O)[O-]. The molecule has 12 heteroatoms. The van der Waals surface area contributed by atoms with Crippen molar-refractivity contribution in [3.63, 3.8) is 0 Å². The van der Waals surface area contributed by atoms with Gasteiger partial charge in [0.1, 0.15) is 11.1 Å². The second-order valence-corrected chi connectivity index (χ2v) is 8.44. The van der Waals surface area contributed by atoms with Crippen molar-refractivity contribution in [1.82, 2.24) is 0 Å². The maximum absolute atomic E-state index is 12.6. The van der Waals surface area contributed by atoms with Gasteiger partial charge in [-0.3, -0.25) is 36.1 Å². The summed E-state index contributed by atoms with van der Waals surface area (Å²) in [5.74, 6) is -0.470. The first kappa shape index (κ1) is 18.7. The van der Waals surface area contributed by atoms with E-state index >= 15 is 0 Å². The zero-order chi connectivity index (χ0) is 20.8. The van der Waals surface area contributed by atoms with Gasteiger partial charge in [-0.05, 0) is 25.2 Å². The quantitative estimate of drug-likeness (QED) is 0.349. The normalized spacial score (nSPS) is 46.3. The molecular weight excluding hydrogens is 372 g/mol. The van der Waals surface area contributed by atoms with Crippen molar-refractivity contribution >= 4 is 0 Å². The van der Waals surface area contributed by atoms with E-state index in [4.69, 9.17) is 17.2 Å². The number of rotatable bonds is 4. The first-order valence-electron chi connectivity index (χ1n) is 8.79. The van der Waals surface area contributed by atoms with Crippen molar-refractivity contribution in [3.8, 4) is 0 Å². The summed E-state index contributed by atoms with van der Waals surface area (Å²) in [5.41, 5.74) is 7.12. The molecule has 5 rings (SSSR count). The lowest BCUT2D eigenvalue weighted by atomic mass is 9.35. The van der Waals surface area contributed by atoms with E-state index in [2.05, 4.69) is 0 Å². The highest BCUT2D eigenvalue weighted by Crippen LogP contribution is 2.70. The van der Waals surface area contributed by atoms with E-state index in [0.29, 0.717) is 0 Å². The fourth-order valence-corrected chi connectivity index (χ4v) is 6.66. The van der Waals surface area contributed by atoms with Crippen molar-refractivity contribution in [1.29, 1.82) is 0 Å². The molecule has 1 aromatic rings. The van der Waals surface area contributed by atoms with E-state index in [1.807, 2.05) is 0 Å². The molecule has 6 unspecified atom stereocenters. The number of nitrogens with two attached hydrogens (primary N) is 3. The Hall–Kier alpha value is -2.70. The van der Waals surface area contributed by atoms with Crippen LogP contribution in [-0.4, -0.2) is 37.0 Å². The van der Waals surface area contributed by atoms with Crippen molar-refractivity contribution in [2.75, 3.05) is 0 Å². The highest BCUT2D eigenvalue weighted by Gasteiger charge is 3.00. The van der Waals surface area contributed by atoms with Gasteiger partial charge in [0.05, 0.1) is 4.92 Å².